The van der Waals surface area contributed by atoms with E-state index in [4.69, 9.17) is 23.2 Å². The molecule has 0 spiro atoms. The van der Waals surface area contributed by atoms with E-state index >= 15 is 0 Å². The molecule has 0 saturated carbocycles. The van der Waals surface area contributed by atoms with Crippen LogP contribution in [0.1, 0.15) is 17.0 Å². The number of fused-ring (bicyclic) bond motifs is 1. The van der Waals surface area contributed by atoms with E-state index in [0.29, 0.717) is 26.8 Å². The number of rotatable bonds is 3. The van der Waals surface area contributed by atoms with Crippen LogP contribution >= 0.6 is 23.2 Å². The predicted molar refractivity (Wildman–Crippen MR) is 109 cm³/mol. The zero-order valence-corrected chi connectivity index (χ0v) is 15.8. The maximum Gasteiger partial charge on any atom is 0.259 e. The molecule has 4 rings (SSSR count). The molecule has 4 aromatic rings. The standard InChI is InChI=1S/C20H14Cl2N4O/c1-12-3-2-4-16-18(12)24-19(25-20(16)27)17(22)9-13-10-23-26(11-13)15-7-5-14(21)6-8-15/h2-11H,1H3,(H,24,25,27). The molecule has 27 heavy (non-hydrogen) atoms. The first-order valence-corrected chi connectivity index (χ1v) is 8.95. The Labute approximate surface area is 164 Å². The summed E-state index contributed by atoms with van der Waals surface area (Å²) in [7, 11) is 0. The summed E-state index contributed by atoms with van der Waals surface area (Å²) >= 11 is 12.3. The molecule has 7 heteroatoms. The Morgan fingerprint density at radius 1 is 1.19 bits per heavy atom. The van der Waals surface area contributed by atoms with E-state index < -0.39 is 0 Å². The van der Waals surface area contributed by atoms with Crippen molar-refractivity contribution in [1.82, 2.24) is 19.7 Å². The summed E-state index contributed by atoms with van der Waals surface area (Å²) in [5, 5.41) is 5.85. The molecule has 2 heterocycles. The van der Waals surface area contributed by atoms with Crippen LogP contribution in [0.5, 0.6) is 0 Å². The summed E-state index contributed by atoms with van der Waals surface area (Å²) in [6, 6.07) is 12.8. The Kier molecular flexibility index (Phi) is 4.56. The van der Waals surface area contributed by atoms with Gasteiger partial charge >= 0.3 is 0 Å². The number of hydrogen-bond acceptors (Lipinski definition) is 3. The molecule has 0 fully saturated rings. The fraction of sp³-hybridized carbons (Fsp3) is 0.0500. The van der Waals surface area contributed by atoms with Crippen LogP contribution < -0.4 is 5.56 Å². The molecule has 0 aliphatic carbocycles. The van der Waals surface area contributed by atoms with Crippen molar-refractivity contribution >= 4 is 45.2 Å². The fourth-order valence-corrected chi connectivity index (χ4v) is 3.12. The van der Waals surface area contributed by atoms with Gasteiger partial charge in [-0.05, 0) is 48.9 Å². The molecule has 134 valence electrons. The fourth-order valence-electron chi connectivity index (χ4n) is 2.78. The highest BCUT2D eigenvalue weighted by molar-refractivity contribution is 6.50. The lowest BCUT2D eigenvalue weighted by atomic mass is 10.1. The normalized spacial score (nSPS) is 11.9. The van der Waals surface area contributed by atoms with Crippen molar-refractivity contribution in [2.45, 2.75) is 6.92 Å². The summed E-state index contributed by atoms with van der Waals surface area (Å²) < 4.78 is 1.72. The monoisotopic (exact) mass is 396 g/mol. The molecule has 2 aromatic heterocycles. The number of aryl methyl sites for hydroxylation is 1. The van der Waals surface area contributed by atoms with E-state index in [1.165, 1.54) is 0 Å². The summed E-state index contributed by atoms with van der Waals surface area (Å²) in [5.74, 6) is 0.322. The van der Waals surface area contributed by atoms with Gasteiger partial charge in [-0.15, -0.1) is 0 Å². The number of halogens is 2. The third-order valence-electron chi connectivity index (χ3n) is 4.15. The van der Waals surface area contributed by atoms with Gasteiger partial charge in [0.1, 0.15) is 0 Å². The second-order valence-electron chi connectivity index (χ2n) is 6.07. The molecule has 0 atom stereocenters. The van der Waals surface area contributed by atoms with Gasteiger partial charge in [-0.25, -0.2) is 9.67 Å². The average Bonchev–Trinajstić information content (AvgIpc) is 3.11. The minimum atomic E-state index is -0.220. The maximum atomic E-state index is 12.3. The van der Waals surface area contributed by atoms with Crippen LogP contribution in [0.15, 0.2) is 59.7 Å². The maximum absolute atomic E-state index is 12.3. The molecule has 0 saturated heterocycles. The zero-order chi connectivity index (χ0) is 19.0. The van der Waals surface area contributed by atoms with Crippen LogP contribution in [-0.2, 0) is 0 Å². The molecule has 0 radical (unpaired) electrons. The number of aromatic amines is 1. The Morgan fingerprint density at radius 3 is 2.74 bits per heavy atom. The van der Waals surface area contributed by atoms with Gasteiger partial charge < -0.3 is 4.98 Å². The minimum Gasteiger partial charge on any atom is -0.305 e. The predicted octanol–water partition coefficient (Wildman–Crippen LogP) is 4.81. The molecular weight excluding hydrogens is 383 g/mol. The van der Waals surface area contributed by atoms with Gasteiger partial charge in [-0.1, -0.05) is 35.3 Å². The van der Waals surface area contributed by atoms with E-state index in [-0.39, 0.29) is 5.56 Å². The van der Waals surface area contributed by atoms with Crippen molar-refractivity contribution in [3.8, 4) is 5.69 Å². The number of benzene rings is 2. The van der Waals surface area contributed by atoms with Gasteiger partial charge in [0, 0.05) is 16.8 Å². The van der Waals surface area contributed by atoms with Gasteiger partial charge in [-0.2, -0.15) is 5.10 Å². The van der Waals surface area contributed by atoms with Gasteiger partial charge in [0.2, 0.25) is 0 Å². The summed E-state index contributed by atoms with van der Waals surface area (Å²) in [6.07, 6.45) is 5.22. The Morgan fingerprint density at radius 2 is 1.96 bits per heavy atom. The van der Waals surface area contributed by atoms with E-state index in [0.717, 1.165) is 16.8 Å². The smallest absolute Gasteiger partial charge is 0.259 e. The number of H-pyrrole nitrogens is 1. The molecule has 5 nitrogen and oxygen atoms in total. The Hall–Kier alpha value is -2.89. The van der Waals surface area contributed by atoms with Crippen LogP contribution in [-0.4, -0.2) is 19.7 Å². The van der Waals surface area contributed by atoms with E-state index in [2.05, 4.69) is 15.1 Å². The van der Waals surface area contributed by atoms with Crippen LogP contribution in [0.3, 0.4) is 0 Å². The van der Waals surface area contributed by atoms with Gasteiger partial charge in [0.15, 0.2) is 5.82 Å². The van der Waals surface area contributed by atoms with E-state index in [1.807, 2.05) is 37.4 Å². The Bertz CT molecular complexity index is 1220. The average molecular weight is 397 g/mol. The first-order chi connectivity index (χ1) is 13.0. The van der Waals surface area contributed by atoms with Crippen molar-refractivity contribution < 1.29 is 0 Å². The number of hydrogen-bond donors (Lipinski definition) is 1. The van der Waals surface area contributed by atoms with E-state index in [1.54, 1.807) is 35.2 Å². The van der Waals surface area contributed by atoms with Crippen molar-refractivity contribution in [1.29, 1.82) is 0 Å². The second kappa shape index (κ2) is 7.02. The highest BCUT2D eigenvalue weighted by atomic mass is 35.5. The van der Waals surface area contributed by atoms with Crippen LogP contribution in [0.4, 0.5) is 0 Å². The number of aromatic nitrogens is 4. The first kappa shape index (κ1) is 17.5. The van der Waals surface area contributed by atoms with Crippen LogP contribution in [0, 0.1) is 6.92 Å². The SMILES string of the molecule is Cc1cccc2c(=O)[nH]c(C(Cl)=Cc3cnn(-c4ccc(Cl)cc4)c3)nc12. The largest absolute Gasteiger partial charge is 0.305 e. The highest BCUT2D eigenvalue weighted by Crippen LogP contribution is 2.21. The lowest BCUT2D eigenvalue weighted by Crippen LogP contribution is -2.11. The number of nitrogens with one attached hydrogen (secondary N) is 1. The summed E-state index contributed by atoms with van der Waals surface area (Å²) in [6.45, 7) is 1.91. The molecule has 0 aliphatic rings. The van der Waals surface area contributed by atoms with Crippen LogP contribution in [0.2, 0.25) is 5.02 Å². The summed E-state index contributed by atoms with van der Waals surface area (Å²) in [5.41, 5.74) is 2.99. The number of para-hydroxylation sites is 1. The van der Waals surface area contributed by atoms with E-state index in [9.17, 15) is 4.79 Å². The molecule has 0 bridgehead atoms. The highest BCUT2D eigenvalue weighted by Gasteiger charge is 2.09. The van der Waals surface area contributed by atoms with Crippen LogP contribution in [0.25, 0.3) is 27.7 Å². The quantitative estimate of drug-likeness (QED) is 0.540. The minimum absolute atomic E-state index is 0.220. The van der Waals surface area contributed by atoms with Crippen molar-refractivity contribution in [2.75, 3.05) is 0 Å². The van der Waals surface area contributed by atoms with Crippen molar-refractivity contribution in [2.24, 2.45) is 0 Å². The molecular formula is C20H14Cl2N4O. The summed E-state index contributed by atoms with van der Waals surface area (Å²) in [4.78, 5) is 19.6. The molecule has 0 unspecified atom stereocenters. The lowest BCUT2D eigenvalue weighted by Gasteiger charge is -2.04. The van der Waals surface area contributed by atoms with Gasteiger partial charge in [0.05, 0.1) is 27.8 Å². The topological polar surface area (TPSA) is 63.6 Å². The first-order valence-electron chi connectivity index (χ1n) is 8.19. The molecule has 0 aliphatic heterocycles. The third-order valence-corrected chi connectivity index (χ3v) is 4.69. The van der Waals surface area contributed by atoms with Gasteiger partial charge in [0.25, 0.3) is 5.56 Å². The van der Waals surface area contributed by atoms with Crippen molar-refractivity contribution in [3.05, 3.63) is 87.2 Å². The lowest BCUT2D eigenvalue weighted by molar-refractivity contribution is 0.880. The zero-order valence-electron chi connectivity index (χ0n) is 14.3. The molecule has 2 aromatic carbocycles. The molecule has 1 N–H and O–H groups in total. The second-order valence-corrected chi connectivity index (χ2v) is 6.92. The number of nitrogens with zero attached hydrogens (tertiary/aromatic N) is 3. The molecule has 0 amide bonds. The van der Waals surface area contributed by atoms with Gasteiger partial charge in [-0.3, -0.25) is 4.79 Å². The third kappa shape index (κ3) is 3.52. The van der Waals surface area contributed by atoms with Crippen molar-refractivity contribution in [3.63, 3.8) is 0 Å². The Balaban J connectivity index is 1.71.